The van der Waals surface area contributed by atoms with Crippen LogP contribution < -0.4 is 17.0 Å². The molecule has 0 bridgehead atoms. The van der Waals surface area contributed by atoms with Crippen LogP contribution in [-0.4, -0.2) is 55.7 Å². The van der Waals surface area contributed by atoms with E-state index in [1.54, 1.807) is 6.92 Å². The molecule has 28 heavy (non-hydrogen) atoms. The van der Waals surface area contributed by atoms with E-state index in [1.165, 1.54) is 7.05 Å². The van der Waals surface area contributed by atoms with Crippen LogP contribution in [0.2, 0.25) is 0 Å². The second-order valence-corrected chi connectivity index (χ2v) is 6.47. The van der Waals surface area contributed by atoms with Gasteiger partial charge in [-0.15, -0.1) is 0 Å². The largest absolute Gasteiger partial charge is 0.384 e. The molecule has 0 unspecified atom stereocenters. The number of nitrogens with zero attached hydrogens (tertiary/aromatic N) is 4. The lowest BCUT2D eigenvalue weighted by Gasteiger charge is -2.17. The predicted octanol–water partition coefficient (Wildman–Crippen LogP) is -0.687. The van der Waals surface area contributed by atoms with Crippen LogP contribution in [0.25, 0.3) is 0 Å². The van der Waals surface area contributed by atoms with Crippen LogP contribution in [0.3, 0.4) is 0 Å². The smallest absolute Gasteiger partial charge is 0.334 e. The van der Waals surface area contributed by atoms with E-state index in [1.807, 2.05) is 6.92 Å². The molecule has 0 radical (unpaired) electrons. The molecule has 0 aromatic carbocycles. The summed E-state index contributed by atoms with van der Waals surface area (Å²) in [7, 11) is 1.20. The van der Waals surface area contributed by atoms with Crippen molar-refractivity contribution in [2.75, 3.05) is 18.8 Å². The third-order valence-electron chi connectivity index (χ3n) is 4.48. The molecule has 0 atom stereocenters. The van der Waals surface area contributed by atoms with Gasteiger partial charge in [-0.1, -0.05) is 20.3 Å². The molecule has 11 nitrogen and oxygen atoms in total. The molecule has 2 N–H and O–H groups in total. The number of nitrogen functional groups attached to an aromatic ring is 1. The summed E-state index contributed by atoms with van der Waals surface area (Å²) >= 11 is 0. The van der Waals surface area contributed by atoms with Crippen molar-refractivity contribution in [1.29, 1.82) is 0 Å². The first kappa shape index (κ1) is 21.1. The van der Waals surface area contributed by atoms with Crippen molar-refractivity contribution >= 4 is 29.4 Å². The Morgan fingerprint density at radius 1 is 0.929 bits per heavy atom. The number of amides is 4. The van der Waals surface area contributed by atoms with E-state index in [0.717, 1.165) is 14.0 Å². The number of hydrogen-bond donors (Lipinski definition) is 1. The Balaban J connectivity index is 2.39. The van der Waals surface area contributed by atoms with Gasteiger partial charge in [0.05, 0.1) is 6.54 Å². The van der Waals surface area contributed by atoms with Gasteiger partial charge in [-0.05, 0) is 12.8 Å². The van der Waals surface area contributed by atoms with Gasteiger partial charge in [0.2, 0.25) is 0 Å². The Hall–Kier alpha value is -3.24. The fourth-order valence-corrected chi connectivity index (χ4v) is 2.91. The Kier molecular flexibility index (Phi) is 6.16. The highest BCUT2D eigenvalue weighted by Gasteiger charge is 2.45. The van der Waals surface area contributed by atoms with E-state index < -0.39 is 47.0 Å². The highest BCUT2D eigenvalue weighted by atomic mass is 16.2. The average molecular weight is 393 g/mol. The molecular weight excluding hydrogens is 370 g/mol. The van der Waals surface area contributed by atoms with Crippen LogP contribution >= 0.6 is 0 Å². The number of carbonyl (C=O) groups excluding carboxylic acids is 4. The molecule has 0 aliphatic carbocycles. The number of rotatable bonds is 8. The monoisotopic (exact) mass is 393 g/mol. The lowest BCUT2D eigenvalue weighted by Crippen LogP contribution is -2.45. The Morgan fingerprint density at radius 3 is 2.11 bits per heavy atom. The number of anilines is 1. The third-order valence-corrected chi connectivity index (χ3v) is 4.48. The molecule has 2 heterocycles. The molecule has 1 aliphatic rings. The van der Waals surface area contributed by atoms with Crippen molar-refractivity contribution in [3.63, 3.8) is 0 Å². The standard InChI is InChI=1S/C17H23N5O6/c1-4-6-8-21-14(25)15(26)22(17(21)28)9-10(23)11-12(18)20(7-5-2)16(27)19(3)13(11)24/h4-9,18H2,1-3H3. The van der Waals surface area contributed by atoms with Crippen molar-refractivity contribution in [1.82, 2.24) is 18.9 Å². The van der Waals surface area contributed by atoms with Gasteiger partial charge in [-0.2, -0.15) is 0 Å². The topological polar surface area (TPSA) is 145 Å². The van der Waals surface area contributed by atoms with E-state index in [4.69, 9.17) is 5.73 Å². The van der Waals surface area contributed by atoms with Gasteiger partial charge < -0.3 is 5.73 Å². The lowest BCUT2D eigenvalue weighted by atomic mass is 10.1. The Bertz CT molecular complexity index is 960. The second kappa shape index (κ2) is 8.19. The summed E-state index contributed by atoms with van der Waals surface area (Å²) in [6.45, 7) is 3.09. The summed E-state index contributed by atoms with van der Waals surface area (Å²) in [6.07, 6.45) is 1.75. The highest BCUT2D eigenvalue weighted by Crippen LogP contribution is 2.15. The molecule has 11 heteroatoms. The molecule has 1 aromatic heterocycles. The SMILES string of the molecule is CCCCN1C(=O)C(=O)N(CC(=O)c2c(N)n(CCC)c(=O)n(C)c2=O)C1=O. The minimum absolute atomic E-state index is 0.0654. The Labute approximate surface area is 160 Å². The van der Waals surface area contributed by atoms with E-state index in [0.29, 0.717) is 24.2 Å². The number of hydrogen-bond acceptors (Lipinski definition) is 7. The van der Waals surface area contributed by atoms with Crippen molar-refractivity contribution < 1.29 is 19.2 Å². The van der Waals surface area contributed by atoms with E-state index >= 15 is 0 Å². The average Bonchev–Trinajstić information content (AvgIpc) is 2.85. The number of ketones is 1. The van der Waals surface area contributed by atoms with Crippen LogP contribution in [0, 0.1) is 0 Å². The second-order valence-electron chi connectivity index (χ2n) is 6.47. The van der Waals surface area contributed by atoms with E-state index in [2.05, 4.69) is 0 Å². The normalized spacial score (nSPS) is 14.3. The van der Waals surface area contributed by atoms with E-state index in [9.17, 15) is 28.8 Å². The van der Waals surface area contributed by atoms with Gasteiger partial charge in [-0.25, -0.2) is 14.5 Å². The molecule has 152 valence electrons. The van der Waals surface area contributed by atoms with Crippen LogP contribution in [0.1, 0.15) is 43.5 Å². The zero-order valence-corrected chi connectivity index (χ0v) is 16.1. The maximum absolute atomic E-state index is 12.7. The molecule has 0 spiro atoms. The fraction of sp³-hybridized carbons (Fsp3) is 0.529. The molecule has 2 rings (SSSR count). The van der Waals surface area contributed by atoms with Crippen LogP contribution in [0.4, 0.5) is 10.6 Å². The molecule has 1 saturated heterocycles. The van der Waals surface area contributed by atoms with E-state index in [-0.39, 0.29) is 18.9 Å². The minimum atomic E-state index is -1.13. The zero-order valence-electron chi connectivity index (χ0n) is 16.1. The maximum atomic E-state index is 12.7. The number of nitrogens with two attached hydrogens (primary N) is 1. The first-order valence-corrected chi connectivity index (χ1v) is 8.97. The molecular formula is C17H23N5O6. The summed E-state index contributed by atoms with van der Waals surface area (Å²) in [6, 6.07) is -0.908. The number of unbranched alkanes of at least 4 members (excludes halogenated alkanes) is 1. The van der Waals surface area contributed by atoms with Gasteiger partial charge in [0.1, 0.15) is 11.4 Å². The number of aromatic nitrogens is 2. The first-order valence-electron chi connectivity index (χ1n) is 8.97. The number of urea groups is 1. The summed E-state index contributed by atoms with van der Waals surface area (Å²) < 4.78 is 1.83. The number of imide groups is 2. The summed E-state index contributed by atoms with van der Waals surface area (Å²) in [4.78, 5) is 75.0. The van der Waals surface area contributed by atoms with Gasteiger partial charge in [0, 0.05) is 20.1 Å². The van der Waals surface area contributed by atoms with Crippen molar-refractivity contribution in [2.24, 2.45) is 7.05 Å². The van der Waals surface area contributed by atoms with Crippen LogP contribution in [-0.2, 0) is 23.2 Å². The number of carbonyl (C=O) groups is 4. The highest BCUT2D eigenvalue weighted by molar-refractivity contribution is 6.45. The van der Waals surface area contributed by atoms with Gasteiger partial charge in [-0.3, -0.25) is 33.2 Å². The van der Waals surface area contributed by atoms with Crippen molar-refractivity contribution in [3.8, 4) is 0 Å². The minimum Gasteiger partial charge on any atom is -0.384 e. The van der Waals surface area contributed by atoms with Gasteiger partial charge >= 0.3 is 23.5 Å². The first-order chi connectivity index (χ1) is 13.2. The fourth-order valence-electron chi connectivity index (χ4n) is 2.91. The van der Waals surface area contributed by atoms with Crippen molar-refractivity contribution in [2.45, 2.75) is 39.7 Å². The third kappa shape index (κ3) is 3.47. The molecule has 1 fully saturated rings. The zero-order chi connectivity index (χ0) is 21.2. The number of Topliss-reactive ketones (excluding diaryl/α,β-unsaturated/α-hetero) is 1. The van der Waals surface area contributed by atoms with Gasteiger partial charge in [0.15, 0.2) is 5.78 Å². The van der Waals surface area contributed by atoms with Gasteiger partial charge in [0.25, 0.3) is 5.56 Å². The molecule has 0 saturated carbocycles. The summed E-state index contributed by atoms with van der Waals surface area (Å²) in [5.74, 6) is -3.39. The Morgan fingerprint density at radius 2 is 1.54 bits per heavy atom. The van der Waals surface area contributed by atoms with Crippen LogP contribution in [0.5, 0.6) is 0 Å². The maximum Gasteiger partial charge on any atom is 0.334 e. The molecule has 4 amide bonds. The predicted molar refractivity (Wildman–Crippen MR) is 98.7 cm³/mol. The molecule has 1 aliphatic heterocycles. The quantitative estimate of drug-likeness (QED) is 0.350. The lowest BCUT2D eigenvalue weighted by molar-refractivity contribution is -0.143. The van der Waals surface area contributed by atoms with Crippen LogP contribution in [0.15, 0.2) is 9.59 Å². The molecule has 1 aromatic rings. The summed E-state index contributed by atoms with van der Waals surface area (Å²) in [5.41, 5.74) is 3.78. The summed E-state index contributed by atoms with van der Waals surface area (Å²) in [5, 5.41) is 0. The van der Waals surface area contributed by atoms with Crippen molar-refractivity contribution in [3.05, 3.63) is 26.4 Å².